The summed E-state index contributed by atoms with van der Waals surface area (Å²) in [5.41, 5.74) is 6.50. The van der Waals surface area contributed by atoms with Crippen molar-refractivity contribution in [1.82, 2.24) is 15.3 Å². The van der Waals surface area contributed by atoms with Gasteiger partial charge in [-0.1, -0.05) is 24.6 Å². The van der Waals surface area contributed by atoms with Gasteiger partial charge < -0.3 is 11.1 Å². The van der Waals surface area contributed by atoms with Gasteiger partial charge >= 0.3 is 0 Å². The fourth-order valence-electron chi connectivity index (χ4n) is 2.22. The number of nitrogens with zero attached hydrogens (tertiary/aromatic N) is 2. The number of anilines is 1. The molecule has 0 aromatic carbocycles. The number of amides is 1. The predicted molar refractivity (Wildman–Crippen MR) is 76.9 cm³/mol. The molecule has 1 amide bonds. The van der Waals surface area contributed by atoms with Gasteiger partial charge in [0.1, 0.15) is 5.82 Å². The minimum atomic E-state index is -0.207. The molecule has 1 aromatic heterocycles. The summed E-state index contributed by atoms with van der Waals surface area (Å²) in [4.78, 5) is 20.5. The molecule has 0 aliphatic heterocycles. The molecule has 1 aliphatic rings. The second-order valence-corrected chi connectivity index (χ2v) is 6.27. The summed E-state index contributed by atoms with van der Waals surface area (Å²) in [5, 5.41) is 3.44. The van der Waals surface area contributed by atoms with Crippen molar-refractivity contribution in [1.29, 1.82) is 0 Å². The number of aromatic nitrogens is 2. The van der Waals surface area contributed by atoms with Gasteiger partial charge in [-0.2, -0.15) is 0 Å². The number of carbonyl (C=O) groups excluding carboxylic acids is 1. The molecule has 1 saturated carbocycles. The Morgan fingerprint density at radius 2 is 2.16 bits per heavy atom. The third-order valence-corrected chi connectivity index (χ3v) is 4.17. The number of nitrogens with one attached hydrogen (secondary N) is 1. The summed E-state index contributed by atoms with van der Waals surface area (Å²) in [5.74, 6) is 0.499. The number of hydrogen-bond donors (Lipinski definition) is 2. The summed E-state index contributed by atoms with van der Waals surface area (Å²) in [6.45, 7) is 3.74. The molecule has 2 rings (SSSR count). The first-order valence-electron chi connectivity index (χ1n) is 6.63. The molecule has 1 atom stereocenters. The van der Waals surface area contributed by atoms with Crippen molar-refractivity contribution in [2.75, 3.05) is 5.73 Å². The summed E-state index contributed by atoms with van der Waals surface area (Å²) < 4.78 is 0. The molecule has 1 heterocycles. The largest absolute Gasteiger partial charge is 0.384 e. The minimum Gasteiger partial charge on any atom is -0.384 e. The van der Waals surface area contributed by atoms with Crippen LogP contribution in [0.25, 0.3) is 0 Å². The quantitative estimate of drug-likeness (QED) is 0.650. The Kier molecular flexibility index (Phi) is 4.63. The van der Waals surface area contributed by atoms with Crippen molar-refractivity contribution < 1.29 is 4.79 Å². The average molecular weight is 280 g/mol. The lowest BCUT2D eigenvalue weighted by molar-refractivity contribution is -0.120. The molecule has 1 fully saturated rings. The van der Waals surface area contributed by atoms with Crippen LogP contribution in [0.5, 0.6) is 0 Å². The number of thioether (sulfide) groups is 1. The fourth-order valence-corrected chi connectivity index (χ4v) is 3.06. The van der Waals surface area contributed by atoms with E-state index in [2.05, 4.69) is 15.3 Å². The topological polar surface area (TPSA) is 80.9 Å². The summed E-state index contributed by atoms with van der Waals surface area (Å²) in [7, 11) is 0. The Balaban J connectivity index is 1.91. The maximum Gasteiger partial charge on any atom is 0.233 e. The lowest BCUT2D eigenvalue weighted by atomic mass is 10.2. The van der Waals surface area contributed by atoms with Gasteiger partial charge in [-0.3, -0.25) is 4.79 Å². The molecule has 0 bridgehead atoms. The van der Waals surface area contributed by atoms with Gasteiger partial charge in [0.05, 0.1) is 5.25 Å². The first-order chi connectivity index (χ1) is 9.04. The Labute approximate surface area is 117 Å². The zero-order chi connectivity index (χ0) is 13.8. The van der Waals surface area contributed by atoms with Gasteiger partial charge in [-0.25, -0.2) is 9.97 Å². The molecule has 6 heteroatoms. The van der Waals surface area contributed by atoms with Crippen LogP contribution in [0.4, 0.5) is 5.82 Å². The van der Waals surface area contributed by atoms with E-state index in [0.717, 1.165) is 18.5 Å². The monoisotopic (exact) mass is 280 g/mol. The maximum atomic E-state index is 12.1. The molecular weight excluding hydrogens is 260 g/mol. The number of nitrogens with two attached hydrogens (primary N) is 1. The van der Waals surface area contributed by atoms with E-state index in [1.807, 2.05) is 13.8 Å². The van der Waals surface area contributed by atoms with Crippen molar-refractivity contribution in [2.24, 2.45) is 0 Å². The molecule has 0 spiro atoms. The molecule has 1 aromatic rings. The molecule has 3 N–H and O–H groups in total. The van der Waals surface area contributed by atoms with E-state index >= 15 is 0 Å². The summed E-state index contributed by atoms with van der Waals surface area (Å²) in [6.07, 6.45) is 4.61. The average Bonchev–Trinajstić information content (AvgIpc) is 2.80. The number of rotatable bonds is 4. The van der Waals surface area contributed by atoms with Crippen molar-refractivity contribution in [3.63, 3.8) is 0 Å². The van der Waals surface area contributed by atoms with Crippen LogP contribution in [0.1, 0.15) is 38.3 Å². The standard InChI is InChI=1S/C13H20N4OS/c1-8-7-11(14)17-13(15-8)19-9(2)12(18)16-10-5-3-4-6-10/h7,9-10H,3-6H2,1-2H3,(H,16,18)(H2,14,15,17)/t9-/m0/s1. The van der Waals surface area contributed by atoms with Gasteiger partial charge in [0, 0.05) is 17.8 Å². The van der Waals surface area contributed by atoms with Gasteiger partial charge in [0.2, 0.25) is 5.91 Å². The van der Waals surface area contributed by atoms with E-state index in [0.29, 0.717) is 17.0 Å². The van der Waals surface area contributed by atoms with Gasteiger partial charge in [-0.15, -0.1) is 0 Å². The third-order valence-electron chi connectivity index (χ3n) is 3.21. The van der Waals surface area contributed by atoms with Crippen LogP contribution in [-0.2, 0) is 4.79 Å². The van der Waals surface area contributed by atoms with Crippen LogP contribution < -0.4 is 11.1 Å². The molecule has 0 unspecified atom stereocenters. The zero-order valence-electron chi connectivity index (χ0n) is 11.3. The highest BCUT2D eigenvalue weighted by Crippen LogP contribution is 2.22. The smallest absolute Gasteiger partial charge is 0.233 e. The molecule has 1 aliphatic carbocycles. The minimum absolute atomic E-state index is 0.0561. The van der Waals surface area contributed by atoms with Crippen LogP contribution >= 0.6 is 11.8 Å². The van der Waals surface area contributed by atoms with Crippen LogP contribution in [0.2, 0.25) is 0 Å². The van der Waals surface area contributed by atoms with E-state index in [1.54, 1.807) is 6.07 Å². The van der Waals surface area contributed by atoms with Crippen LogP contribution in [0.3, 0.4) is 0 Å². The van der Waals surface area contributed by atoms with Crippen LogP contribution in [0.15, 0.2) is 11.2 Å². The first-order valence-corrected chi connectivity index (χ1v) is 7.51. The number of hydrogen-bond acceptors (Lipinski definition) is 5. The number of aryl methyl sites for hydroxylation is 1. The maximum absolute atomic E-state index is 12.1. The van der Waals surface area contributed by atoms with E-state index in [-0.39, 0.29) is 11.2 Å². The Bertz CT molecular complexity index is 440. The second kappa shape index (κ2) is 6.23. The molecular formula is C13H20N4OS. The Morgan fingerprint density at radius 3 is 2.79 bits per heavy atom. The normalized spacial score (nSPS) is 17.4. The molecule has 19 heavy (non-hydrogen) atoms. The van der Waals surface area contributed by atoms with Gasteiger partial charge in [-0.05, 0) is 26.7 Å². The SMILES string of the molecule is Cc1cc(N)nc(S[C@@H](C)C(=O)NC2CCCC2)n1. The second-order valence-electron chi connectivity index (χ2n) is 4.97. The van der Waals surface area contributed by atoms with Crippen molar-refractivity contribution in [3.05, 3.63) is 11.8 Å². The zero-order valence-corrected chi connectivity index (χ0v) is 12.2. The Morgan fingerprint density at radius 1 is 1.47 bits per heavy atom. The van der Waals surface area contributed by atoms with Gasteiger partial charge in [0.25, 0.3) is 0 Å². The van der Waals surface area contributed by atoms with Crippen molar-refractivity contribution in [3.8, 4) is 0 Å². The third kappa shape index (κ3) is 4.09. The molecule has 5 nitrogen and oxygen atoms in total. The number of nitrogen functional groups attached to an aromatic ring is 1. The lowest BCUT2D eigenvalue weighted by Gasteiger charge is -2.15. The van der Waals surface area contributed by atoms with Gasteiger partial charge in [0.15, 0.2) is 5.16 Å². The summed E-state index contributed by atoms with van der Waals surface area (Å²) in [6, 6.07) is 2.06. The predicted octanol–water partition coefficient (Wildman–Crippen LogP) is 1.91. The molecule has 0 radical (unpaired) electrons. The van der Waals surface area contributed by atoms with E-state index < -0.39 is 0 Å². The highest BCUT2D eigenvalue weighted by molar-refractivity contribution is 8.00. The van der Waals surface area contributed by atoms with E-state index in [4.69, 9.17) is 5.73 Å². The lowest BCUT2D eigenvalue weighted by Crippen LogP contribution is -2.37. The van der Waals surface area contributed by atoms with Crippen molar-refractivity contribution >= 4 is 23.5 Å². The molecule has 0 saturated heterocycles. The highest BCUT2D eigenvalue weighted by Gasteiger charge is 2.22. The number of carbonyl (C=O) groups is 1. The highest BCUT2D eigenvalue weighted by atomic mass is 32.2. The molecule has 104 valence electrons. The van der Waals surface area contributed by atoms with Crippen LogP contribution in [-0.4, -0.2) is 27.2 Å². The van der Waals surface area contributed by atoms with Crippen LogP contribution in [0, 0.1) is 6.92 Å². The first kappa shape index (κ1) is 14.1. The van der Waals surface area contributed by atoms with E-state index in [9.17, 15) is 4.79 Å². The summed E-state index contributed by atoms with van der Waals surface area (Å²) >= 11 is 1.35. The Hall–Kier alpha value is -1.30. The fraction of sp³-hybridized carbons (Fsp3) is 0.615. The van der Waals surface area contributed by atoms with Crippen molar-refractivity contribution in [2.45, 2.75) is 56.0 Å². The van der Waals surface area contributed by atoms with E-state index in [1.165, 1.54) is 24.6 Å².